The van der Waals surface area contributed by atoms with Gasteiger partial charge in [0.05, 0.1) is 33.3 Å². The van der Waals surface area contributed by atoms with Gasteiger partial charge in [0, 0.05) is 60.4 Å². The van der Waals surface area contributed by atoms with Gasteiger partial charge in [0.25, 0.3) is 0 Å². The smallest absolute Gasteiger partial charge is 0.160 e. The third-order valence-electron chi connectivity index (χ3n) is 11.0. The molecule has 4 aromatic heterocycles. The fourth-order valence-electron chi connectivity index (χ4n) is 8.70. The number of para-hydroxylation sites is 4. The average molecular weight is 719 g/mol. The summed E-state index contributed by atoms with van der Waals surface area (Å²) in [4.78, 5) is 10.4. The molecule has 264 valence electrons. The molecule has 0 aliphatic carbocycles. The van der Waals surface area contributed by atoms with Gasteiger partial charge in [0.1, 0.15) is 5.76 Å². The predicted octanol–water partition coefficient (Wildman–Crippen LogP) is 13.6. The van der Waals surface area contributed by atoms with Crippen LogP contribution in [-0.2, 0) is 0 Å². The number of hydrogen-bond acceptors (Lipinski definition) is 3. The second-order valence-electron chi connectivity index (χ2n) is 14.1. The maximum atomic E-state index is 6.98. The van der Waals surface area contributed by atoms with Crippen molar-refractivity contribution in [1.82, 2.24) is 19.1 Å². The molecular formula is C51H34N4O. The van der Waals surface area contributed by atoms with Crippen LogP contribution >= 0.6 is 0 Å². The van der Waals surface area contributed by atoms with Gasteiger partial charge in [-0.25, -0.2) is 9.97 Å². The van der Waals surface area contributed by atoms with Gasteiger partial charge in [0.2, 0.25) is 0 Å². The van der Waals surface area contributed by atoms with Crippen LogP contribution in [-0.4, -0.2) is 19.1 Å². The van der Waals surface area contributed by atoms with E-state index in [2.05, 4.69) is 174 Å². The summed E-state index contributed by atoms with van der Waals surface area (Å²) in [5.74, 6) is 1.41. The monoisotopic (exact) mass is 718 g/mol. The fourth-order valence-corrected chi connectivity index (χ4v) is 8.70. The summed E-state index contributed by atoms with van der Waals surface area (Å²) in [5, 5.41) is 6.68. The molecule has 5 nitrogen and oxygen atoms in total. The molecule has 0 spiro atoms. The lowest BCUT2D eigenvalue weighted by Crippen LogP contribution is -1.98. The Balaban J connectivity index is 1.30. The molecule has 56 heavy (non-hydrogen) atoms. The second kappa shape index (κ2) is 12.5. The molecule has 0 saturated carbocycles. The van der Waals surface area contributed by atoms with Crippen molar-refractivity contribution in [2.75, 3.05) is 0 Å². The number of allylic oxidation sites excluding steroid dienone is 1. The summed E-state index contributed by atoms with van der Waals surface area (Å²) >= 11 is 0. The first kappa shape index (κ1) is 32.0. The van der Waals surface area contributed by atoms with Gasteiger partial charge < -0.3 is 13.6 Å². The maximum absolute atomic E-state index is 6.98. The third kappa shape index (κ3) is 4.61. The van der Waals surface area contributed by atoms with E-state index >= 15 is 0 Å². The van der Waals surface area contributed by atoms with E-state index in [0.717, 1.165) is 99.6 Å². The summed E-state index contributed by atoms with van der Waals surface area (Å²) in [7, 11) is 0. The van der Waals surface area contributed by atoms with E-state index in [1.165, 1.54) is 5.39 Å². The zero-order valence-corrected chi connectivity index (χ0v) is 30.6. The molecule has 5 heteroatoms. The topological polar surface area (TPSA) is 48.8 Å². The number of nitrogens with zero attached hydrogens (tertiary/aromatic N) is 4. The summed E-state index contributed by atoms with van der Waals surface area (Å²) in [6, 6.07) is 55.2. The Morgan fingerprint density at radius 3 is 1.89 bits per heavy atom. The first-order valence-corrected chi connectivity index (χ1v) is 18.9. The molecule has 0 unspecified atom stereocenters. The van der Waals surface area contributed by atoms with Gasteiger partial charge in [-0.2, -0.15) is 0 Å². The van der Waals surface area contributed by atoms with Crippen LogP contribution in [0.1, 0.15) is 18.2 Å². The van der Waals surface area contributed by atoms with Crippen LogP contribution in [0.3, 0.4) is 0 Å². The molecule has 7 aromatic carbocycles. The molecule has 0 atom stereocenters. The summed E-state index contributed by atoms with van der Waals surface area (Å²) in [6.45, 7) is 6.26. The van der Waals surface area contributed by atoms with Crippen molar-refractivity contribution in [2.24, 2.45) is 0 Å². The van der Waals surface area contributed by atoms with Crippen molar-refractivity contribution >= 4 is 77.6 Å². The highest BCUT2D eigenvalue weighted by Crippen LogP contribution is 2.49. The van der Waals surface area contributed by atoms with Crippen molar-refractivity contribution in [3.05, 3.63) is 182 Å². The molecule has 0 aliphatic rings. The van der Waals surface area contributed by atoms with E-state index in [4.69, 9.17) is 14.4 Å². The lowest BCUT2D eigenvalue weighted by atomic mass is 10.00. The quantitative estimate of drug-likeness (QED) is 0.172. The normalized spacial score (nSPS) is 12.0. The van der Waals surface area contributed by atoms with Crippen LogP contribution in [0.4, 0.5) is 0 Å². The van der Waals surface area contributed by atoms with E-state index < -0.39 is 0 Å². The van der Waals surface area contributed by atoms with Crippen LogP contribution in [0.25, 0.3) is 112 Å². The number of rotatable bonds is 6. The predicted molar refractivity (Wildman–Crippen MR) is 234 cm³/mol. The van der Waals surface area contributed by atoms with Gasteiger partial charge in [-0.15, -0.1) is 0 Å². The first-order chi connectivity index (χ1) is 27.7. The number of furan rings is 1. The van der Waals surface area contributed by atoms with Crippen LogP contribution < -0.4 is 0 Å². The number of benzene rings is 7. The minimum absolute atomic E-state index is 0.671. The Morgan fingerprint density at radius 1 is 0.554 bits per heavy atom. The van der Waals surface area contributed by atoms with Crippen molar-refractivity contribution in [3.8, 4) is 34.0 Å². The molecule has 0 saturated heterocycles. The summed E-state index contributed by atoms with van der Waals surface area (Å²) in [5.41, 5.74) is 12.1. The van der Waals surface area contributed by atoms with Crippen molar-refractivity contribution in [1.29, 1.82) is 0 Å². The molecule has 0 aliphatic heterocycles. The summed E-state index contributed by atoms with van der Waals surface area (Å²) < 4.78 is 11.8. The van der Waals surface area contributed by atoms with E-state index in [0.29, 0.717) is 5.82 Å². The zero-order chi connectivity index (χ0) is 37.3. The number of fused-ring (bicyclic) bond motifs is 11. The van der Waals surface area contributed by atoms with Crippen LogP contribution in [0.15, 0.2) is 175 Å². The largest absolute Gasteiger partial charge is 0.454 e. The van der Waals surface area contributed by atoms with Gasteiger partial charge in [-0.1, -0.05) is 134 Å². The molecule has 11 rings (SSSR count). The van der Waals surface area contributed by atoms with Gasteiger partial charge >= 0.3 is 0 Å². The van der Waals surface area contributed by atoms with Gasteiger partial charge in [-0.05, 0) is 55.5 Å². The molecule has 0 fully saturated rings. The van der Waals surface area contributed by atoms with Crippen LogP contribution in [0, 0.1) is 0 Å². The number of hydrogen-bond donors (Lipinski definition) is 0. The fraction of sp³-hybridized carbons (Fsp3) is 0.0196. The van der Waals surface area contributed by atoms with E-state index in [1.807, 2.05) is 24.3 Å². The molecule has 0 radical (unpaired) electrons. The van der Waals surface area contributed by atoms with E-state index in [-0.39, 0.29) is 0 Å². The Bertz CT molecular complexity index is 3380. The lowest BCUT2D eigenvalue weighted by molar-refractivity contribution is 0.605. The molecule has 0 amide bonds. The third-order valence-corrected chi connectivity index (χ3v) is 11.0. The summed E-state index contributed by atoms with van der Waals surface area (Å²) in [6.07, 6.45) is 6.06. The molecular weight excluding hydrogens is 685 g/mol. The van der Waals surface area contributed by atoms with E-state index in [9.17, 15) is 0 Å². The average Bonchev–Trinajstić information content (AvgIpc) is 3.92. The lowest BCUT2D eigenvalue weighted by Gasteiger charge is -2.13. The first-order valence-electron chi connectivity index (χ1n) is 18.9. The van der Waals surface area contributed by atoms with Crippen molar-refractivity contribution in [2.45, 2.75) is 6.92 Å². The Labute approximate surface area is 322 Å². The van der Waals surface area contributed by atoms with Gasteiger partial charge in [-0.3, -0.25) is 0 Å². The number of aromatic nitrogens is 4. The van der Waals surface area contributed by atoms with Crippen molar-refractivity contribution in [3.63, 3.8) is 0 Å². The molecule has 11 aromatic rings. The zero-order valence-electron chi connectivity index (χ0n) is 30.6. The minimum atomic E-state index is 0.671. The Hall–Kier alpha value is -7.50. The highest BCUT2D eigenvalue weighted by atomic mass is 16.3. The van der Waals surface area contributed by atoms with Crippen molar-refractivity contribution < 1.29 is 4.42 Å². The molecule has 4 heterocycles. The standard InChI is InChI=1S/C51H34N4O/c1-3-18-39-43(4-2)56-50-45(39)44-37-26-12-15-29-41(37)54(34-22-9-6-10-23-34)48(44)46-38-27-13-16-30-42(38)55(49(46)50)35-24-17-21-33(31-35)51-52-40-28-14-11-25-36(40)47(53-51)32-19-7-5-8-20-32/h3-31H,2H2,1H3/b18-3-. The minimum Gasteiger partial charge on any atom is -0.454 e. The van der Waals surface area contributed by atoms with Gasteiger partial charge in [0.15, 0.2) is 11.4 Å². The second-order valence-corrected chi connectivity index (χ2v) is 14.1. The molecule has 0 N–H and O–H groups in total. The Morgan fingerprint density at radius 2 is 1.16 bits per heavy atom. The Kier molecular flexibility index (Phi) is 7.16. The maximum Gasteiger partial charge on any atom is 0.160 e. The van der Waals surface area contributed by atoms with Crippen LogP contribution in [0.5, 0.6) is 0 Å². The van der Waals surface area contributed by atoms with E-state index in [1.54, 1.807) is 0 Å². The van der Waals surface area contributed by atoms with Crippen LogP contribution in [0.2, 0.25) is 0 Å². The highest BCUT2D eigenvalue weighted by Gasteiger charge is 2.28. The highest BCUT2D eigenvalue weighted by molar-refractivity contribution is 6.37. The SMILES string of the molecule is C=Cc1oc2c(c1/C=C\C)c1c3ccccc3n(-c3ccccc3)c1c1c3ccccc3n(-c3cccc(-c4nc(-c5ccccc5)c5ccccc5n4)c3)c21. The molecule has 0 bridgehead atoms.